The maximum atomic E-state index is 11.9. The summed E-state index contributed by atoms with van der Waals surface area (Å²) >= 11 is 9.96. The lowest BCUT2D eigenvalue weighted by molar-refractivity contribution is -0.123. The highest BCUT2D eigenvalue weighted by molar-refractivity contribution is 9.10. The summed E-state index contributed by atoms with van der Waals surface area (Å²) in [6.45, 7) is 0. The fourth-order valence-corrected chi connectivity index (χ4v) is 3.38. The van der Waals surface area contributed by atoms with E-state index in [9.17, 15) is 14.4 Å². The molecule has 0 radical (unpaired) electrons. The summed E-state index contributed by atoms with van der Waals surface area (Å²) in [5.41, 5.74) is 2.13. The van der Waals surface area contributed by atoms with E-state index < -0.39 is 17.8 Å². The lowest BCUT2D eigenvalue weighted by Gasteiger charge is -2.15. The molecule has 1 aliphatic rings. The van der Waals surface area contributed by atoms with Gasteiger partial charge < -0.3 is 4.74 Å². The van der Waals surface area contributed by atoms with Crippen LogP contribution in [-0.4, -0.2) is 25.0 Å². The number of amides is 4. The highest BCUT2D eigenvalue weighted by Crippen LogP contribution is 2.33. The molecule has 0 aliphatic carbocycles. The van der Waals surface area contributed by atoms with Crippen molar-refractivity contribution >= 4 is 51.5 Å². The van der Waals surface area contributed by atoms with Crippen LogP contribution in [0.15, 0.2) is 46.4 Å². The van der Waals surface area contributed by atoms with Crippen molar-refractivity contribution in [3.63, 3.8) is 0 Å². The molecule has 2 aromatic carbocycles. The summed E-state index contributed by atoms with van der Waals surface area (Å²) in [5, 5.41) is 4.49. The fourth-order valence-electron chi connectivity index (χ4n) is 2.67. The molecule has 4 amide bonds. The lowest BCUT2D eigenvalue weighted by atomic mass is 10.0. The number of nitrogens with one attached hydrogen (secondary N) is 2. The van der Waals surface area contributed by atoms with Crippen molar-refractivity contribution in [3.8, 4) is 5.75 Å². The quantitative estimate of drug-likeness (QED) is 0.553. The molecule has 1 saturated heterocycles. The first-order valence-electron chi connectivity index (χ1n) is 7.87. The molecular formula is C19H14BrClN2O4. The Morgan fingerprint density at radius 1 is 1.11 bits per heavy atom. The number of carbonyl (C=O) groups is 3. The summed E-state index contributed by atoms with van der Waals surface area (Å²) in [4.78, 5) is 34.9. The highest BCUT2D eigenvalue weighted by Gasteiger charge is 2.27. The van der Waals surface area contributed by atoms with Gasteiger partial charge in [-0.15, -0.1) is 0 Å². The minimum atomic E-state index is -0.846. The molecule has 2 N–H and O–H groups in total. The molecule has 2 aromatic rings. The molecule has 27 heavy (non-hydrogen) atoms. The van der Waals surface area contributed by atoms with Crippen molar-refractivity contribution in [2.24, 2.45) is 0 Å². The summed E-state index contributed by atoms with van der Waals surface area (Å²) in [6, 6.07) is 10.2. The molecule has 0 atom stereocenters. The molecule has 3 rings (SSSR count). The topological polar surface area (TPSA) is 84.5 Å². The van der Waals surface area contributed by atoms with Gasteiger partial charge in [-0.1, -0.05) is 45.7 Å². The summed E-state index contributed by atoms with van der Waals surface area (Å²) < 4.78 is 6.41. The van der Waals surface area contributed by atoms with Crippen LogP contribution < -0.4 is 15.4 Å². The van der Waals surface area contributed by atoms with Crippen LogP contribution in [0.2, 0.25) is 5.02 Å². The van der Waals surface area contributed by atoms with Crippen molar-refractivity contribution in [2.45, 2.75) is 6.42 Å². The number of carbonyl (C=O) groups excluding carboxylic acids is 3. The van der Waals surface area contributed by atoms with E-state index >= 15 is 0 Å². The second-order valence-electron chi connectivity index (χ2n) is 5.75. The number of hydrogen-bond acceptors (Lipinski definition) is 4. The number of halogens is 2. The van der Waals surface area contributed by atoms with Crippen LogP contribution in [0.1, 0.15) is 16.7 Å². The van der Waals surface area contributed by atoms with Crippen LogP contribution in [0, 0.1) is 0 Å². The molecule has 0 unspecified atom stereocenters. The summed E-state index contributed by atoms with van der Waals surface area (Å²) in [7, 11) is 1.52. The van der Waals surface area contributed by atoms with Gasteiger partial charge >= 0.3 is 6.03 Å². The average Bonchev–Trinajstić information content (AvgIpc) is 2.61. The monoisotopic (exact) mass is 448 g/mol. The van der Waals surface area contributed by atoms with Gasteiger partial charge in [-0.3, -0.25) is 20.2 Å². The minimum Gasteiger partial charge on any atom is -0.496 e. The number of hydrogen-bond donors (Lipinski definition) is 2. The van der Waals surface area contributed by atoms with E-state index in [1.54, 1.807) is 12.1 Å². The highest BCUT2D eigenvalue weighted by atomic mass is 79.9. The molecular weight excluding hydrogens is 436 g/mol. The Morgan fingerprint density at radius 2 is 1.78 bits per heavy atom. The van der Waals surface area contributed by atoms with Crippen LogP contribution in [0.25, 0.3) is 6.08 Å². The summed E-state index contributed by atoms with van der Waals surface area (Å²) in [5.74, 6) is -1.01. The van der Waals surface area contributed by atoms with E-state index in [0.717, 1.165) is 15.6 Å². The number of imide groups is 2. The third kappa shape index (κ3) is 4.20. The Kier molecular flexibility index (Phi) is 5.62. The largest absolute Gasteiger partial charge is 0.496 e. The van der Waals surface area contributed by atoms with E-state index in [-0.39, 0.29) is 5.57 Å². The second kappa shape index (κ2) is 7.94. The number of urea groups is 1. The Morgan fingerprint density at radius 3 is 2.41 bits per heavy atom. The van der Waals surface area contributed by atoms with E-state index in [2.05, 4.69) is 15.9 Å². The predicted molar refractivity (Wildman–Crippen MR) is 105 cm³/mol. The van der Waals surface area contributed by atoms with Gasteiger partial charge in [0.05, 0.1) is 7.11 Å². The van der Waals surface area contributed by atoms with E-state index in [4.69, 9.17) is 16.3 Å². The number of rotatable bonds is 4. The van der Waals surface area contributed by atoms with Gasteiger partial charge in [-0.2, -0.15) is 0 Å². The normalized spacial score (nSPS) is 13.9. The van der Waals surface area contributed by atoms with Gasteiger partial charge in [0.1, 0.15) is 11.3 Å². The van der Waals surface area contributed by atoms with Crippen LogP contribution >= 0.6 is 27.5 Å². The zero-order valence-corrected chi connectivity index (χ0v) is 16.5. The Bertz CT molecular complexity index is 966. The van der Waals surface area contributed by atoms with Crippen molar-refractivity contribution in [3.05, 3.63) is 68.2 Å². The number of ether oxygens (including phenoxy) is 1. The number of benzene rings is 2. The minimum absolute atomic E-state index is 0.189. The molecule has 1 fully saturated rings. The molecule has 0 spiro atoms. The molecule has 0 aromatic heterocycles. The molecule has 0 saturated carbocycles. The SMILES string of the molecule is COc1cc(C=C2C(=O)NC(=O)NC2=O)cc(Cl)c1Cc1ccccc1Br. The van der Waals surface area contributed by atoms with Gasteiger partial charge in [0.25, 0.3) is 11.8 Å². The number of barbiturate groups is 1. The average molecular weight is 450 g/mol. The first-order valence-corrected chi connectivity index (χ1v) is 9.04. The Labute approximate surface area is 168 Å². The number of methoxy groups -OCH3 is 1. The van der Waals surface area contributed by atoms with E-state index in [1.165, 1.54) is 13.2 Å². The van der Waals surface area contributed by atoms with Gasteiger partial charge in [0, 0.05) is 21.5 Å². The maximum absolute atomic E-state index is 11.9. The zero-order valence-electron chi connectivity index (χ0n) is 14.1. The maximum Gasteiger partial charge on any atom is 0.328 e. The Balaban J connectivity index is 1.98. The smallest absolute Gasteiger partial charge is 0.328 e. The molecule has 0 bridgehead atoms. The summed E-state index contributed by atoms with van der Waals surface area (Å²) in [6.07, 6.45) is 1.89. The van der Waals surface area contributed by atoms with Gasteiger partial charge in [-0.05, 0) is 35.4 Å². The molecule has 6 nitrogen and oxygen atoms in total. The van der Waals surface area contributed by atoms with Crippen LogP contribution in [-0.2, 0) is 16.0 Å². The third-order valence-corrected chi connectivity index (χ3v) is 5.09. The van der Waals surface area contributed by atoms with E-state index in [0.29, 0.717) is 22.8 Å². The molecule has 138 valence electrons. The van der Waals surface area contributed by atoms with Crippen molar-refractivity contribution in [2.75, 3.05) is 7.11 Å². The lowest BCUT2D eigenvalue weighted by Crippen LogP contribution is -2.51. The fraction of sp³-hybridized carbons (Fsp3) is 0.105. The molecule has 1 aliphatic heterocycles. The Hall–Kier alpha value is -2.64. The zero-order chi connectivity index (χ0) is 19.6. The predicted octanol–water partition coefficient (Wildman–Crippen LogP) is 3.45. The third-order valence-electron chi connectivity index (χ3n) is 3.98. The first-order chi connectivity index (χ1) is 12.9. The van der Waals surface area contributed by atoms with Crippen LogP contribution in [0.4, 0.5) is 4.79 Å². The first kappa shape index (κ1) is 19.1. The van der Waals surface area contributed by atoms with Crippen molar-refractivity contribution in [1.82, 2.24) is 10.6 Å². The molecule has 1 heterocycles. The van der Waals surface area contributed by atoms with Gasteiger partial charge in [-0.25, -0.2) is 4.79 Å². The van der Waals surface area contributed by atoms with Gasteiger partial charge in [0.15, 0.2) is 0 Å². The second-order valence-corrected chi connectivity index (χ2v) is 7.01. The van der Waals surface area contributed by atoms with Gasteiger partial charge in [0.2, 0.25) is 0 Å². The van der Waals surface area contributed by atoms with Crippen LogP contribution in [0.3, 0.4) is 0 Å². The van der Waals surface area contributed by atoms with E-state index in [1.807, 2.05) is 34.9 Å². The van der Waals surface area contributed by atoms with Crippen molar-refractivity contribution < 1.29 is 19.1 Å². The molecule has 8 heteroatoms. The van der Waals surface area contributed by atoms with Crippen molar-refractivity contribution in [1.29, 1.82) is 0 Å². The van der Waals surface area contributed by atoms with Crippen LogP contribution in [0.5, 0.6) is 5.75 Å². The standard InChI is InChI=1S/C19H14BrClN2O4/c1-27-16-8-10(6-13-17(24)22-19(26)23-18(13)25)7-15(21)12(16)9-11-4-2-3-5-14(11)20/h2-8H,9H2,1H3,(H2,22,23,24,25,26).